The second-order valence-corrected chi connectivity index (χ2v) is 11.1. The fraction of sp³-hybridized carbons (Fsp3) is 0.353. The number of carbonyl (C=O) groups excluding carboxylic acids is 2. The zero-order valence-corrected chi connectivity index (χ0v) is 26.3. The van der Waals surface area contributed by atoms with Gasteiger partial charge >= 0.3 is 17.1 Å². The van der Waals surface area contributed by atoms with Crippen LogP contribution in [0.15, 0.2) is 24.3 Å². The predicted octanol–water partition coefficient (Wildman–Crippen LogP) is 4.98. The van der Waals surface area contributed by atoms with Crippen molar-refractivity contribution >= 4 is 56.3 Å². The maximum atomic E-state index is 11.4. The van der Waals surface area contributed by atoms with Gasteiger partial charge in [0.05, 0.1) is 22.8 Å². The molecule has 0 atom stereocenters. The first-order chi connectivity index (χ1) is 20.0. The van der Waals surface area contributed by atoms with Gasteiger partial charge in [0.25, 0.3) is 0 Å². The van der Waals surface area contributed by atoms with Crippen LogP contribution in [-0.4, -0.2) is 31.9 Å². The molecule has 9 heteroatoms. The molecule has 0 unspecified atom stereocenters. The number of hydrogen-bond acceptors (Lipinski definition) is 6. The van der Waals surface area contributed by atoms with E-state index in [4.69, 9.17) is 9.97 Å². The fourth-order valence-corrected chi connectivity index (χ4v) is 6.21. The third kappa shape index (κ3) is 6.10. The van der Waals surface area contributed by atoms with Crippen molar-refractivity contribution in [3.05, 3.63) is 69.3 Å². The third-order valence-corrected chi connectivity index (χ3v) is 8.67. The summed E-state index contributed by atoms with van der Waals surface area (Å²) >= 11 is 0. The zero-order valence-electron chi connectivity index (χ0n) is 25.4. The number of aromatic amines is 2. The Morgan fingerprint density at radius 3 is 1.44 bits per heavy atom. The molecule has 0 spiro atoms. The third-order valence-electron chi connectivity index (χ3n) is 8.67. The minimum Gasteiger partial charge on any atom is -0.550 e. The molecule has 227 valence electrons. The van der Waals surface area contributed by atoms with Crippen LogP contribution in [0.25, 0.3) is 44.4 Å². The maximum absolute atomic E-state index is 11.4. The predicted molar refractivity (Wildman–Crippen MR) is 163 cm³/mol. The molecular formula is C34H36CuN4O4. The van der Waals surface area contributed by atoms with E-state index in [0.717, 1.165) is 74.2 Å². The van der Waals surface area contributed by atoms with Crippen molar-refractivity contribution in [3.8, 4) is 0 Å². The number of carboxylic acids is 2. The molecular weight excluding hydrogens is 592 g/mol. The van der Waals surface area contributed by atoms with Gasteiger partial charge in [0.1, 0.15) is 0 Å². The fourth-order valence-electron chi connectivity index (χ4n) is 6.21. The van der Waals surface area contributed by atoms with Crippen LogP contribution in [0.1, 0.15) is 98.4 Å². The van der Waals surface area contributed by atoms with Crippen molar-refractivity contribution in [2.75, 3.05) is 0 Å². The van der Waals surface area contributed by atoms with Crippen molar-refractivity contribution in [1.82, 2.24) is 19.9 Å². The molecule has 1 radical (unpaired) electrons. The van der Waals surface area contributed by atoms with Crippen molar-refractivity contribution in [3.63, 3.8) is 0 Å². The molecule has 2 N–H and O–H groups in total. The SMILES string of the molecule is CCc1c(C)c2cc3[nH]c(cc4nc(cc5nc(cc1[nH]2)C(C)=C5CCC(=O)[O-])C(CCC(=O)[O-])=C4C)c(C)c3CC.[Cu+2]. The van der Waals surface area contributed by atoms with Crippen LogP contribution in [0.2, 0.25) is 0 Å². The molecule has 0 saturated carbocycles. The van der Waals surface area contributed by atoms with Crippen LogP contribution in [0.5, 0.6) is 0 Å². The van der Waals surface area contributed by atoms with E-state index in [2.05, 4.69) is 43.7 Å². The van der Waals surface area contributed by atoms with Crippen LogP contribution in [0.4, 0.5) is 0 Å². The Morgan fingerprint density at radius 2 is 1.02 bits per heavy atom. The average molecular weight is 628 g/mol. The molecule has 5 rings (SSSR count). The number of nitrogens with zero attached hydrogens (tertiary/aromatic N) is 2. The molecule has 8 nitrogen and oxygen atoms in total. The summed E-state index contributed by atoms with van der Waals surface area (Å²) in [4.78, 5) is 40.0. The van der Waals surface area contributed by atoms with Gasteiger partial charge in [-0.1, -0.05) is 13.8 Å². The summed E-state index contributed by atoms with van der Waals surface area (Å²) in [6, 6.07) is 8.09. The van der Waals surface area contributed by atoms with Gasteiger partial charge in [-0.25, -0.2) is 9.97 Å². The second kappa shape index (κ2) is 12.7. The van der Waals surface area contributed by atoms with E-state index in [1.54, 1.807) is 0 Å². The Labute approximate surface area is 261 Å². The molecule has 5 heterocycles. The molecule has 3 aromatic rings. The molecule has 3 aromatic heterocycles. The molecule has 0 saturated heterocycles. The van der Waals surface area contributed by atoms with Gasteiger partial charge in [0.2, 0.25) is 0 Å². The minimum absolute atomic E-state index is 0. The van der Waals surface area contributed by atoms with E-state index in [1.165, 1.54) is 16.7 Å². The zero-order chi connectivity index (χ0) is 30.3. The number of allylic oxidation sites excluding steroid dienone is 4. The number of H-pyrrole nitrogens is 2. The normalized spacial score (nSPS) is 13.0. The minimum atomic E-state index is -1.13. The van der Waals surface area contributed by atoms with Gasteiger partial charge < -0.3 is 29.8 Å². The number of carboxylic acid groups (broad SMARTS) is 2. The molecule has 0 aromatic carbocycles. The Morgan fingerprint density at radius 1 is 0.628 bits per heavy atom. The Kier molecular flexibility index (Phi) is 9.47. The summed E-state index contributed by atoms with van der Waals surface area (Å²) in [5.41, 5.74) is 14.9. The quantitative estimate of drug-likeness (QED) is 0.338. The summed E-state index contributed by atoms with van der Waals surface area (Å²) in [5.74, 6) is -2.25. The number of aliphatic carboxylic acids is 2. The van der Waals surface area contributed by atoms with Gasteiger partial charge in [-0.3, -0.25) is 0 Å². The number of aromatic nitrogens is 4. The first-order valence-corrected chi connectivity index (χ1v) is 14.6. The van der Waals surface area contributed by atoms with Crippen LogP contribution in [0.3, 0.4) is 0 Å². The number of nitrogens with one attached hydrogen (secondary N) is 2. The smallest absolute Gasteiger partial charge is 0.550 e. The van der Waals surface area contributed by atoms with Crippen LogP contribution in [0, 0.1) is 13.8 Å². The summed E-state index contributed by atoms with van der Waals surface area (Å²) in [6.45, 7) is 12.4. The largest absolute Gasteiger partial charge is 2.00 e. The number of hydrogen-bond donors (Lipinski definition) is 2. The van der Waals surface area contributed by atoms with E-state index >= 15 is 0 Å². The summed E-state index contributed by atoms with van der Waals surface area (Å²) in [6.07, 6.45) is 1.96. The number of carbonyl (C=O) groups is 2. The van der Waals surface area contributed by atoms with E-state index in [1.807, 2.05) is 32.0 Å². The van der Waals surface area contributed by atoms with Crippen molar-refractivity contribution < 1.29 is 36.9 Å². The Balaban J connectivity index is 0.00000423. The van der Waals surface area contributed by atoms with E-state index in [9.17, 15) is 19.8 Å². The number of fused-ring (bicyclic) bond motifs is 8. The maximum Gasteiger partial charge on any atom is 2.00 e. The van der Waals surface area contributed by atoms with Gasteiger partial charge in [-0.2, -0.15) is 0 Å². The average Bonchev–Trinajstić information content (AvgIpc) is 3.59. The van der Waals surface area contributed by atoms with E-state index in [0.29, 0.717) is 11.4 Å². The van der Waals surface area contributed by atoms with Crippen LogP contribution in [-0.2, 0) is 39.5 Å². The van der Waals surface area contributed by atoms with Gasteiger partial charge in [-0.05, 0) is 135 Å². The molecule has 43 heavy (non-hydrogen) atoms. The second-order valence-electron chi connectivity index (χ2n) is 11.1. The standard InChI is InChI=1S/C34H38N4O4.Cu/c1-7-21-17(3)25-13-26-19(5)23(9-11-33(39)40)31(37-26)16-32-24(10-12-34(41)42)20(6)28(38-32)15-30-22(8-2)18(4)27(36-30)14-29(21)35-25;/h13-16,35-36H,7-12H2,1-6H3,(H,39,40)(H,41,42);/q;+2/p-2. The molecule has 2 aliphatic heterocycles. The summed E-state index contributed by atoms with van der Waals surface area (Å²) in [7, 11) is 0. The Bertz CT molecular complexity index is 1860. The molecule has 0 aliphatic carbocycles. The summed E-state index contributed by atoms with van der Waals surface area (Å²) < 4.78 is 0. The van der Waals surface area contributed by atoms with Gasteiger partial charge in [-0.15, -0.1) is 0 Å². The van der Waals surface area contributed by atoms with E-state index < -0.39 is 11.9 Å². The van der Waals surface area contributed by atoms with Gasteiger partial charge in [0, 0.05) is 34.0 Å². The molecule has 0 amide bonds. The first-order valence-electron chi connectivity index (χ1n) is 14.6. The summed E-state index contributed by atoms with van der Waals surface area (Å²) in [5, 5.41) is 22.8. The molecule has 8 bridgehead atoms. The van der Waals surface area contributed by atoms with Crippen molar-refractivity contribution in [1.29, 1.82) is 0 Å². The van der Waals surface area contributed by atoms with Crippen molar-refractivity contribution in [2.45, 2.75) is 80.1 Å². The van der Waals surface area contributed by atoms with Crippen LogP contribution < -0.4 is 10.2 Å². The van der Waals surface area contributed by atoms with Crippen LogP contribution >= 0.6 is 0 Å². The monoisotopic (exact) mass is 627 g/mol. The number of rotatable bonds is 8. The first kappa shape index (κ1) is 32.0. The number of aryl methyl sites for hydroxylation is 4. The van der Waals surface area contributed by atoms with E-state index in [-0.39, 0.29) is 42.8 Å². The topological polar surface area (TPSA) is 138 Å². The Hall–Kier alpha value is -3.94. The van der Waals surface area contributed by atoms with Crippen molar-refractivity contribution in [2.24, 2.45) is 0 Å². The van der Waals surface area contributed by atoms with Gasteiger partial charge in [0.15, 0.2) is 0 Å². The molecule has 2 aliphatic rings. The molecule has 0 fully saturated rings.